The van der Waals surface area contributed by atoms with Crippen LogP contribution >= 0.6 is 0 Å². The molecule has 1 aliphatic rings. The first kappa shape index (κ1) is 21.7. The third kappa shape index (κ3) is 6.24. The van der Waals surface area contributed by atoms with Gasteiger partial charge in [0.15, 0.2) is 0 Å². The highest BCUT2D eigenvalue weighted by Crippen LogP contribution is 2.27. The summed E-state index contributed by atoms with van der Waals surface area (Å²) in [6, 6.07) is 4.02. The Balaban J connectivity index is 1.97. The maximum atomic E-state index is 12.6. The van der Waals surface area contributed by atoms with E-state index >= 15 is 0 Å². The molecular formula is C17H18F3N3O4S. The molecule has 1 aliphatic heterocycles. The van der Waals surface area contributed by atoms with E-state index in [-0.39, 0.29) is 37.0 Å². The largest absolute Gasteiger partial charge is 0.573 e. The number of amides is 1. The van der Waals surface area contributed by atoms with Crippen LogP contribution in [-0.4, -0.2) is 51.2 Å². The summed E-state index contributed by atoms with van der Waals surface area (Å²) in [6.07, 6.45) is -2.70. The number of sulfonamides is 1. The van der Waals surface area contributed by atoms with E-state index in [9.17, 15) is 26.4 Å². The predicted octanol–water partition coefficient (Wildman–Crippen LogP) is 2.33. The molecule has 1 aromatic carbocycles. The molecule has 0 aromatic heterocycles. The quantitative estimate of drug-likeness (QED) is 0.438. The topological polar surface area (TPSA) is 80.1 Å². The van der Waals surface area contributed by atoms with Crippen LogP contribution in [0.15, 0.2) is 40.8 Å². The number of hydrogen-bond acceptors (Lipinski definition) is 4. The molecule has 0 radical (unpaired) electrons. The van der Waals surface area contributed by atoms with Gasteiger partial charge >= 0.3 is 6.36 Å². The van der Waals surface area contributed by atoms with Crippen molar-refractivity contribution in [3.8, 4) is 5.75 Å². The second kappa shape index (κ2) is 9.07. The number of rotatable bonds is 6. The summed E-state index contributed by atoms with van der Waals surface area (Å²) in [5, 5.41) is 2.57. The highest BCUT2D eigenvalue weighted by Gasteiger charge is 2.32. The molecular weight excluding hydrogens is 399 g/mol. The lowest BCUT2D eigenvalue weighted by molar-refractivity contribution is -0.274. The van der Waals surface area contributed by atoms with Gasteiger partial charge in [-0.2, -0.15) is 4.31 Å². The normalized spacial score (nSPS) is 15.6. The Bertz CT molecular complexity index is 864. The van der Waals surface area contributed by atoms with Crippen molar-refractivity contribution in [3.63, 3.8) is 0 Å². The number of carbonyl (C=O) groups is 1. The van der Waals surface area contributed by atoms with Crippen LogP contribution in [0.5, 0.6) is 5.75 Å². The lowest BCUT2D eigenvalue weighted by Crippen LogP contribution is -2.36. The van der Waals surface area contributed by atoms with E-state index in [1.807, 2.05) is 0 Å². The van der Waals surface area contributed by atoms with Crippen LogP contribution in [0.2, 0.25) is 0 Å². The van der Waals surface area contributed by atoms with Crippen LogP contribution in [-0.2, 0) is 14.8 Å². The number of nitrogens with zero attached hydrogens (tertiary/aromatic N) is 2. The summed E-state index contributed by atoms with van der Waals surface area (Å²) < 4.78 is 66.8. The molecule has 2 rings (SSSR count). The molecule has 1 amide bonds. The second-order valence-corrected chi connectivity index (χ2v) is 7.84. The molecule has 0 aliphatic carbocycles. The average Bonchev–Trinajstić information content (AvgIpc) is 2.61. The molecule has 7 nitrogen and oxygen atoms in total. The number of carbonyl (C=O) groups excluding carboxylic acids is 1. The van der Waals surface area contributed by atoms with E-state index in [1.54, 1.807) is 0 Å². The minimum Gasteiger partial charge on any atom is -0.406 e. The van der Waals surface area contributed by atoms with Crippen molar-refractivity contribution in [3.05, 3.63) is 47.3 Å². The van der Waals surface area contributed by atoms with E-state index in [0.29, 0.717) is 12.8 Å². The smallest absolute Gasteiger partial charge is 0.406 e. The number of ether oxygens (including phenoxy) is 1. The zero-order valence-electron chi connectivity index (χ0n) is 14.7. The van der Waals surface area contributed by atoms with Gasteiger partial charge in [0.25, 0.3) is 0 Å². The fourth-order valence-corrected chi connectivity index (χ4v) is 4.03. The number of hydrogen-bond donors (Lipinski definition) is 1. The van der Waals surface area contributed by atoms with Crippen LogP contribution in [0.3, 0.4) is 0 Å². The number of halogens is 3. The summed E-state index contributed by atoms with van der Waals surface area (Å²) in [7, 11) is -3.86. The zero-order valence-corrected chi connectivity index (χ0v) is 15.5. The summed E-state index contributed by atoms with van der Waals surface area (Å²) in [4.78, 5) is 14.7. The summed E-state index contributed by atoms with van der Waals surface area (Å²) in [5.74, 6) is -0.824. The van der Waals surface area contributed by atoms with Crippen molar-refractivity contribution in [2.75, 3.05) is 26.2 Å². The van der Waals surface area contributed by atoms with E-state index in [1.165, 1.54) is 10.4 Å². The van der Waals surface area contributed by atoms with Crippen LogP contribution in [0.4, 0.5) is 13.2 Å². The van der Waals surface area contributed by atoms with Gasteiger partial charge in [0, 0.05) is 19.2 Å². The molecule has 0 atom stereocenters. The first-order chi connectivity index (χ1) is 13.1. The van der Waals surface area contributed by atoms with Crippen molar-refractivity contribution >= 4 is 15.9 Å². The zero-order chi connectivity index (χ0) is 20.8. The minimum absolute atomic E-state index is 0.133. The fourth-order valence-electron chi connectivity index (χ4n) is 2.59. The third-order valence-corrected chi connectivity index (χ3v) is 5.83. The molecule has 1 N–H and O–H groups in total. The molecule has 11 heteroatoms. The Morgan fingerprint density at radius 3 is 2.39 bits per heavy atom. The van der Waals surface area contributed by atoms with Crippen molar-refractivity contribution < 1.29 is 31.1 Å². The molecule has 28 heavy (non-hydrogen) atoms. The van der Waals surface area contributed by atoms with Gasteiger partial charge < -0.3 is 14.9 Å². The Morgan fingerprint density at radius 2 is 1.86 bits per heavy atom. The summed E-state index contributed by atoms with van der Waals surface area (Å²) >= 11 is 0. The van der Waals surface area contributed by atoms with Gasteiger partial charge in [-0.25, -0.2) is 15.0 Å². The van der Waals surface area contributed by atoms with Gasteiger partial charge in [-0.3, -0.25) is 4.79 Å². The number of benzene rings is 1. The molecule has 1 fully saturated rings. The molecule has 0 unspecified atom stereocenters. The van der Waals surface area contributed by atoms with Gasteiger partial charge in [0.2, 0.25) is 22.5 Å². The third-order valence-electron chi connectivity index (χ3n) is 3.92. The second-order valence-electron chi connectivity index (χ2n) is 5.90. The van der Waals surface area contributed by atoms with Gasteiger partial charge in [0.05, 0.1) is 11.4 Å². The first-order valence-electron chi connectivity index (χ1n) is 8.28. The molecule has 1 saturated heterocycles. The molecule has 0 saturated carbocycles. The van der Waals surface area contributed by atoms with Gasteiger partial charge in [-0.15, -0.1) is 13.2 Å². The molecule has 0 spiro atoms. The van der Waals surface area contributed by atoms with Crippen molar-refractivity contribution in [2.45, 2.75) is 24.1 Å². The highest BCUT2D eigenvalue weighted by atomic mass is 32.2. The Kier molecular flexibility index (Phi) is 7.04. The predicted molar refractivity (Wildman–Crippen MR) is 93.7 cm³/mol. The van der Waals surface area contributed by atoms with Crippen LogP contribution in [0.25, 0.3) is 4.85 Å². The maximum Gasteiger partial charge on any atom is 0.573 e. The first-order valence-corrected chi connectivity index (χ1v) is 9.72. The van der Waals surface area contributed by atoms with Gasteiger partial charge in [0.1, 0.15) is 5.75 Å². The fraction of sp³-hybridized carbons (Fsp3) is 0.412. The minimum atomic E-state index is -4.85. The Morgan fingerprint density at radius 1 is 1.25 bits per heavy atom. The van der Waals surface area contributed by atoms with Gasteiger partial charge in [-0.1, -0.05) is 5.57 Å². The highest BCUT2D eigenvalue weighted by molar-refractivity contribution is 7.89. The number of alkyl halides is 3. The lowest BCUT2D eigenvalue weighted by Gasteiger charge is -2.27. The van der Waals surface area contributed by atoms with Crippen LogP contribution in [0.1, 0.15) is 12.8 Å². The van der Waals surface area contributed by atoms with Crippen molar-refractivity contribution in [1.29, 1.82) is 0 Å². The van der Waals surface area contributed by atoms with Crippen LogP contribution in [0, 0.1) is 6.57 Å². The van der Waals surface area contributed by atoms with Crippen molar-refractivity contribution in [1.82, 2.24) is 9.62 Å². The Labute approximate surface area is 160 Å². The standard InChI is InChI=1S/C17H18F3N3O4S/c1-21-8-9-22-16(24)12-13-6-10-23(11-7-13)28(25,26)15-4-2-14(3-5-15)27-17(18,19)20/h2-5,12H,6-11H2,(H,22,24). The molecule has 0 bridgehead atoms. The maximum absolute atomic E-state index is 12.6. The SMILES string of the molecule is [C-]#[N+]CCNC(=O)C=C1CCN(S(=O)(=O)c2ccc(OC(F)(F)F)cc2)CC1. The molecule has 1 heterocycles. The molecule has 1 aromatic rings. The van der Waals surface area contributed by atoms with E-state index in [0.717, 1.165) is 29.8 Å². The van der Waals surface area contributed by atoms with Crippen LogP contribution < -0.4 is 10.1 Å². The van der Waals surface area contributed by atoms with Gasteiger partial charge in [-0.05, 0) is 37.1 Å². The summed E-state index contributed by atoms with van der Waals surface area (Å²) in [6.45, 7) is 7.39. The monoisotopic (exact) mass is 417 g/mol. The van der Waals surface area contributed by atoms with E-state index in [4.69, 9.17) is 6.57 Å². The van der Waals surface area contributed by atoms with Crippen molar-refractivity contribution in [2.24, 2.45) is 0 Å². The number of piperidine rings is 1. The summed E-state index contributed by atoms with van der Waals surface area (Å²) in [5.41, 5.74) is 0.792. The van der Waals surface area contributed by atoms with E-state index < -0.39 is 22.1 Å². The Hall–Kier alpha value is -2.58. The molecule has 152 valence electrons. The van der Waals surface area contributed by atoms with E-state index in [2.05, 4.69) is 14.9 Å². The lowest BCUT2D eigenvalue weighted by atomic mass is 10.1. The average molecular weight is 417 g/mol. The number of nitrogens with one attached hydrogen (secondary N) is 1.